The molecule has 38 heavy (non-hydrogen) atoms. The van der Waals surface area contributed by atoms with Crippen LogP contribution in [0.1, 0.15) is 28.4 Å². The fraction of sp³-hybridized carbons (Fsp3) is 0.385. The van der Waals surface area contributed by atoms with Crippen LogP contribution in [0.25, 0.3) is 5.52 Å². The summed E-state index contributed by atoms with van der Waals surface area (Å²) < 4.78 is 56.1. The van der Waals surface area contributed by atoms with Gasteiger partial charge in [0.2, 0.25) is 0 Å². The first-order chi connectivity index (χ1) is 18.1. The molecular formula is C26H28F4N6OS. The van der Waals surface area contributed by atoms with Gasteiger partial charge in [-0.15, -0.1) is 0 Å². The maximum absolute atomic E-state index is 14.4. The van der Waals surface area contributed by atoms with Gasteiger partial charge in [-0.1, -0.05) is 24.8 Å². The van der Waals surface area contributed by atoms with E-state index in [1.165, 1.54) is 22.9 Å². The van der Waals surface area contributed by atoms with Gasteiger partial charge in [0.25, 0.3) is 5.91 Å². The van der Waals surface area contributed by atoms with Crippen LogP contribution >= 0.6 is 11.8 Å². The lowest BCUT2D eigenvalue weighted by Crippen LogP contribution is -2.30. The highest BCUT2D eigenvalue weighted by Crippen LogP contribution is 2.40. The zero-order valence-electron chi connectivity index (χ0n) is 21.1. The molecule has 2 atom stereocenters. The zero-order valence-corrected chi connectivity index (χ0v) is 21.9. The second kappa shape index (κ2) is 11.5. The number of anilines is 2. The molecule has 2 unspecified atom stereocenters. The van der Waals surface area contributed by atoms with E-state index in [1.54, 1.807) is 26.2 Å². The third kappa shape index (κ3) is 6.34. The maximum atomic E-state index is 14.4. The molecule has 0 spiro atoms. The number of fused-ring (bicyclic) bond motifs is 1. The Kier molecular flexibility index (Phi) is 8.38. The molecule has 1 amide bonds. The monoisotopic (exact) mass is 548 g/mol. The number of carbonyl (C=O) groups excluding carboxylic acids is 1. The molecule has 7 nitrogen and oxygen atoms in total. The summed E-state index contributed by atoms with van der Waals surface area (Å²) in [5, 5.41) is 8.70. The molecule has 0 bridgehead atoms. The summed E-state index contributed by atoms with van der Waals surface area (Å²) in [6, 6.07) is 6.32. The molecule has 0 saturated carbocycles. The first kappa shape index (κ1) is 27.6. The Morgan fingerprint density at radius 3 is 2.71 bits per heavy atom. The van der Waals surface area contributed by atoms with Crippen molar-refractivity contribution in [1.29, 1.82) is 0 Å². The van der Waals surface area contributed by atoms with Crippen molar-refractivity contribution < 1.29 is 22.4 Å². The second-order valence-corrected chi connectivity index (χ2v) is 9.94. The molecule has 4 rings (SSSR count). The Morgan fingerprint density at radius 1 is 1.26 bits per heavy atom. The number of hydrogen-bond acceptors (Lipinski definition) is 6. The average Bonchev–Trinajstić information content (AvgIpc) is 3.38. The number of amides is 1. The molecule has 1 aliphatic rings. The van der Waals surface area contributed by atoms with Crippen LogP contribution in [0.2, 0.25) is 0 Å². The standard InChI is InChI=1S/C26H28F4N6OS/c1-4-16-7-8-17(24(37)31-2)12-20(16)32-9-5-6-18-13-22-23(34-21-15-35(3)14-19(21)27)33-10-11-36(22)25(18)38-26(28,29)30/h7-8,10-13,19,21,32H,4,9,14-15H2,1-3H3,(H,31,37)(H,33,34). The molecule has 1 fully saturated rings. The summed E-state index contributed by atoms with van der Waals surface area (Å²) in [6.45, 7) is 2.85. The van der Waals surface area contributed by atoms with E-state index in [9.17, 15) is 22.4 Å². The Labute approximate surface area is 222 Å². The number of likely N-dealkylation sites (N-methyl/N-ethyl adjacent to an activating group) is 1. The highest BCUT2D eigenvalue weighted by atomic mass is 32.2. The molecule has 3 heterocycles. The number of carbonyl (C=O) groups is 1. The van der Waals surface area contributed by atoms with E-state index in [-0.39, 0.29) is 41.3 Å². The van der Waals surface area contributed by atoms with Crippen molar-refractivity contribution in [2.75, 3.05) is 44.4 Å². The number of nitrogens with zero attached hydrogens (tertiary/aromatic N) is 3. The van der Waals surface area contributed by atoms with Gasteiger partial charge in [-0.3, -0.25) is 4.79 Å². The number of benzene rings is 1. The van der Waals surface area contributed by atoms with Gasteiger partial charge < -0.3 is 25.3 Å². The van der Waals surface area contributed by atoms with Crippen molar-refractivity contribution in [1.82, 2.24) is 19.6 Å². The summed E-state index contributed by atoms with van der Waals surface area (Å²) in [6.07, 6.45) is 2.41. The van der Waals surface area contributed by atoms with Crippen molar-refractivity contribution in [3.8, 4) is 11.8 Å². The molecule has 3 aromatic rings. The summed E-state index contributed by atoms with van der Waals surface area (Å²) in [5.41, 5.74) is -1.78. The minimum absolute atomic E-state index is 0.0957. The molecule has 1 saturated heterocycles. The summed E-state index contributed by atoms with van der Waals surface area (Å²) in [4.78, 5) is 18.1. The van der Waals surface area contributed by atoms with Gasteiger partial charge in [-0.2, -0.15) is 13.2 Å². The smallest absolute Gasteiger partial charge is 0.374 e. The van der Waals surface area contributed by atoms with Crippen molar-refractivity contribution >= 4 is 34.7 Å². The SMILES string of the molecule is CCc1ccc(C(=O)NC)cc1NCC#Cc1cc2c(NC3CN(C)CC3F)nccn2c1SC(F)(F)F. The molecule has 202 valence electrons. The molecule has 2 aromatic heterocycles. The van der Waals surface area contributed by atoms with Crippen molar-refractivity contribution in [3.63, 3.8) is 0 Å². The average molecular weight is 549 g/mol. The van der Waals surface area contributed by atoms with Gasteiger partial charge in [0.15, 0.2) is 5.82 Å². The van der Waals surface area contributed by atoms with Crippen molar-refractivity contribution in [2.24, 2.45) is 0 Å². The lowest BCUT2D eigenvalue weighted by atomic mass is 10.1. The minimum Gasteiger partial charge on any atom is -0.374 e. The lowest BCUT2D eigenvalue weighted by molar-refractivity contribution is -0.0329. The van der Waals surface area contributed by atoms with E-state index in [2.05, 4.69) is 32.8 Å². The summed E-state index contributed by atoms with van der Waals surface area (Å²) >= 11 is -0.258. The van der Waals surface area contributed by atoms with Gasteiger partial charge in [-0.25, -0.2) is 9.37 Å². The van der Waals surface area contributed by atoms with Gasteiger partial charge >= 0.3 is 5.51 Å². The van der Waals surface area contributed by atoms with Crippen LogP contribution in [0.4, 0.5) is 29.1 Å². The number of thioether (sulfide) groups is 1. The van der Waals surface area contributed by atoms with E-state index < -0.39 is 17.7 Å². The Bertz CT molecular complexity index is 1380. The van der Waals surface area contributed by atoms with E-state index in [1.807, 2.05) is 17.9 Å². The molecule has 12 heteroatoms. The quantitative estimate of drug-likeness (QED) is 0.231. The minimum atomic E-state index is -4.53. The highest BCUT2D eigenvalue weighted by molar-refractivity contribution is 8.00. The Hall–Kier alpha value is -3.43. The van der Waals surface area contributed by atoms with Crippen LogP contribution in [-0.4, -0.2) is 71.6 Å². The van der Waals surface area contributed by atoms with Crippen LogP contribution in [0.3, 0.4) is 0 Å². The normalized spacial score (nSPS) is 17.8. The van der Waals surface area contributed by atoms with Gasteiger partial charge in [-0.05, 0) is 37.2 Å². The van der Waals surface area contributed by atoms with Crippen molar-refractivity contribution in [3.05, 3.63) is 53.3 Å². The van der Waals surface area contributed by atoms with E-state index in [4.69, 9.17) is 0 Å². The van der Waals surface area contributed by atoms with Gasteiger partial charge in [0.05, 0.1) is 23.7 Å². The first-order valence-electron chi connectivity index (χ1n) is 12.0. The van der Waals surface area contributed by atoms with E-state index in [0.717, 1.165) is 17.7 Å². The molecular weight excluding hydrogens is 520 g/mol. The first-order valence-corrected chi connectivity index (χ1v) is 12.8. The molecule has 0 radical (unpaired) electrons. The predicted octanol–water partition coefficient (Wildman–Crippen LogP) is 4.40. The number of likely N-dealkylation sites (tertiary alicyclic amines) is 1. The number of halogens is 4. The van der Waals surface area contributed by atoms with Crippen LogP contribution < -0.4 is 16.0 Å². The van der Waals surface area contributed by atoms with Gasteiger partial charge in [0, 0.05) is 55.5 Å². The van der Waals surface area contributed by atoms with E-state index in [0.29, 0.717) is 23.4 Å². The van der Waals surface area contributed by atoms with Crippen LogP contribution in [-0.2, 0) is 6.42 Å². The largest absolute Gasteiger partial charge is 0.447 e. The van der Waals surface area contributed by atoms with Crippen LogP contribution in [0.15, 0.2) is 41.7 Å². The number of aryl methyl sites for hydroxylation is 1. The van der Waals surface area contributed by atoms with Crippen LogP contribution in [0.5, 0.6) is 0 Å². The highest BCUT2D eigenvalue weighted by Gasteiger charge is 2.34. The van der Waals surface area contributed by atoms with Gasteiger partial charge in [0.1, 0.15) is 11.2 Å². The lowest BCUT2D eigenvalue weighted by Gasteiger charge is -2.16. The molecule has 0 aliphatic carbocycles. The van der Waals surface area contributed by atoms with Crippen molar-refractivity contribution in [2.45, 2.75) is 36.1 Å². The number of nitrogens with one attached hydrogen (secondary N) is 3. The number of aromatic nitrogens is 2. The Balaban J connectivity index is 1.62. The third-order valence-corrected chi connectivity index (χ3v) is 7.03. The number of hydrogen-bond donors (Lipinski definition) is 3. The van der Waals surface area contributed by atoms with E-state index >= 15 is 0 Å². The topological polar surface area (TPSA) is 73.7 Å². The predicted molar refractivity (Wildman–Crippen MR) is 141 cm³/mol. The fourth-order valence-corrected chi connectivity index (χ4v) is 5.06. The zero-order chi connectivity index (χ0) is 27.4. The molecule has 1 aromatic carbocycles. The second-order valence-electron chi connectivity index (χ2n) is 8.89. The summed E-state index contributed by atoms with van der Waals surface area (Å²) in [7, 11) is 3.35. The number of rotatable bonds is 7. The number of alkyl halides is 4. The Morgan fingerprint density at radius 2 is 2.05 bits per heavy atom. The van der Waals surface area contributed by atoms with Crippen LogP contribution in [0, 0.1) is 11.8 Å². The maximum Gasteiger partial charge on any atom is 0.447 e. The third-order valence-electron chi connectivity index (χ3n) is 6.19. The molecule has 1 aliphatic heterocycles. The summed E-state index contributed by atoms with van der Waals surface area (Å²) in [5.74, 6) is 5.81. The fourth-order valence-electron chi connectivity index (χ4n) is 4.37. The molecule has 3 N–H and O–H groups in total.